The highest BCUT2D eigenvalue weighted by molar-refractivity contribution is 5.98. The minimum Gasteiger partial charge on any atom is -0.379 e. The molecule has 2 N–H and O–H groups in total. The average molecular weight is 348 g/mol. The van der Waals surface area contributed by atoms with Gasteiger partial charge in [0.25, 0.3) is 11.8 Å². The minimum absolute atomic E-state index is 0.176. The van der Waals surface area contributed by atoms with E-state index in [0.29, 0.717) is 24.6 Å². The fraction of sp³-hybridized carbons (Fsp3) is 0.611. The lowest BCUT2D eigenvalue weighted by atomic mass is 10.1. The highest BCUT2D eigenvalue weighted by Crippen LogP contribution is 2.03. The fourth-order valence-corrected chi connectivity index (χ4v) is 2.52. The van der Waals surface area contributed by atoms with Crippen LogP contribution in [-0.2, 0) is 4.74 Å². The second-order valence-electron chi connectivity index (χ2n) is 6.58. The minimum atomic E-state index is -0.259. The predicted molar refractivity (Wildman–Crippen MR) is 95.6 cm³/mol. The topological polar surface area (TPSA) is 83.6 Å². The first-order chi connectivity index (χ1) is 12.1. The predicted octanol–water partition coefficient (Wildman–Crippen LogP) is 0.920. The van der Waals surface area contributed by atoms with Crippen LogP contribution in [0.15, 0.2) is 18.3 Å². The first-order valence-corrected chi connectivity index (χ1v) is 8.89. The van der Waals surface area contributed by atoms with E-state index in [1.165, 1.54) is 12.3 Å². The van der Waals surface area contributed by atoms with E-state index in [1.54, 1.807) is 6.07 Å². The molecule has 2 amide bonds. The molecule has 0 aliphatic carbocycles. The summed E-state index contributed by atoms with van der Waals surface area (Å²) in [4.78, 5) is 30.7. The summed E-state index contributed by atoms with van der Waals surface area (Å²) in [6.45, 7) is 9.43. The Hall–Kier alpha value is -1.99. The van der Waals surface area contributed by atoms with Crippen LogP contribution in [0.2, 0.25) is 0 Å². The van der Waals surface area contributed by atoms with Crippen molar-refractivity contribution in [2.24, 2.45) is 5.92 Å². The Kier molecular flexibility index (Phi) is 7.81. The van der Waals surface area contributed by atoms with Crippen molar-refractivity contribution < 1.29 is 14.3 Å². The number of nitrogens with one attached hydrogen (secondary N) is 2. The second-order valence-corrected chi connectivity index (χ2v) is 6.58. The summed E-state index contributed by atoms with van der Waals surface area (Å²) in [5.74, 6) is 0.0982. The first kappa shape index (κ1) is 19.3. The van der Waals surface area contributed by atoms with Gasteiger partial charge in [-0.2, -0.15) is 0 Å². The molecule has 1 fully saturated rings. The number of carbonyl (C=O) groups is 2. The molecular weight excluding hydrogens is 320 g/mol. The molecule has 0 unspecified atom stereocenters. The summed E-state index contributed by atoms with van der Waals surface area (Å²) in [5, 5.41) is 5.72. The molecule has 25 heavy (non-hydrogen) atoms. The van der Waals surface area contributed by atoms with Crippen LogP contribution in [0.3, 0.4) is 0 Å². The van der Waals surface area contributed by atoms with Crippen LogP contribution in [0.25, 0.3) is 0 Å². The SMILES string of the molecule is CC(C)CCNC(=O)c1ccnc(C(=O)NCCN2CCOCC2)c1. The second kappa shape index (κ2) is 10.1. The van der Waals surface area contributed by atoms with E-state index in [1.807, 2.05) is 0 Å². The Labute approximate surface area is 149 Å². The number of ether oxygens (including phenoxy) is 1. The Morgan fingerprint density at radius 1 is 1.20 bits per heavy atom. The molecule has 0 saturated carbocycles. The quantitative estimate of drug-likeness (QED) is 0.730. The van der Waals surface area contributed by atoms with E-state index >= 15 is 0 Å². The summed E-state index contributed by atoms with van der Waals surface area (Å²) in [6, 6.07) is 3.16. The van der Waals surface area contributed by atoms with Crippen molar-refractivity contribution in [2.75, 3.05) is 45.9 Å². The van der Waals surface area contributed by atoms with Gasteiger partial charge in [-0.05, 0) is 24.5 Å². The Morgan fingerprint density at radius 3 is 2.64 bits per heavy atom. The summed E-state index contributed by atoms with van der Waals surface area (Å²) in [5.41, 5.74) is 0.718. The van der Waals surface area contributed by atoms with Gasteiger partial charge in [-0.25, -0.2) is 0 Å². The van der Waals surface area contributed by atoms with Crippen molar-refractivity contribution in [3.8, 4) is 0 Å². The number of aromatic nitrogens is 1. The van der Waals surface area contributed by atoms with E-state index in [9.17, 15) is 9.59 Å². The van der Waals surface area contributed by atoms with E-state index in [2.05, 4.69) is 34.4 Å². The normalized spacial score (nSPS) is 15.2. The van der Waals surface area contributed by atoms with Crippen molar-refractivity contribution in [1.29, 1.82) is 0 Å². The average Bonchev–Trinajstić information content (AvgIpc) is 2.62. The van der Waals surface area contributed by atoms with E-state index in [0.717, 1.165) is 39.3 Å². The fourth-order valence-electron chi connectivity index (χ4n) is 2.52. The molecule has 1 aliphatic heterocycles. The van der Waals surface area contributed by atoms with Crippen LogP contribution in [0.1, 0.15) is 41.1 Å². The Morgan fingerprint density at radius 2 is 1.92 bits per heavy atom. The molecule has 138 valence electrons. The number of rotatable bonds is 8. The van der Waals surface area contributed by atoms with Crippen molar-refractivity contribution in [1.82, 2.24) is 20.5 Å². The Balaban J connectivity index is 1.80. The lowest BCUT2D eigenvalue weighted by Gasteiger charge is -2.26. The number of hydrogen-bond donors (Lipinski definition) is 2. The maximum Gasteiger partial charge on any atom is 0.269 e. The molecule has 1 aromatic heterocycles. The molecule has 0 aromatic carbocycles. The summed E-state index contributed by atoms with van der Waals surface area (Å²) in [7, 11) is 0. The lowest BCUT2D eigenvalue weighted by Crippen LogP contribution is -2.41. The maximum atomic E-state index is 12.2. The van der Waals surface area contributed by atoms with Gasteiger partial charge in [-0.15, -0.1) is 0 Å². The number of morpholine rings is 1. The van der Waals surface area contributed by atoms with Gasteiger partial charge in [-0.3, -0.25) is 19.5 Å². The zero-order chi connectivity index (χ0) is 18.1. The Bertz CT molecular complexity index is 571. The van der Waals surface area contributed by atoms with Crippen LogP contribution in [0, 0.1) is 5.92 Å². The largest absolute Gasteiger partial charge is 0.379 e. The van der Waals surface area contributed by atoms with Gasteiger partial charge < -0.3 is 15.4 Å². The molecule has 2 heterocycles. The molecule has 2 rings (SSSR count). The zero-order valence-corrected chi connectivity index (χ0v) is 15.1. The van der Waals surface area contributed by atoms with E-state index in [4.69, 9.17) is 4.74 Å². The molecule has 1 aliphatic rings. The smallest absolute Gasteiger partial charge is 0.269 e. The summed E-state index contributed by atoms with van der Waals surface area (Å²) < 4.78 is 5.30. The highest BCUT2D eigenvalue weighted by atomic mass is 16.5. The molecule has 0 spiro atoms. The first-order valence-electron chi connectivity index (χ1n) is 8.89. The third-order valence-electron chi connectivity index (χ3n) is 4.08. The lowest BCUT2D eigenvalue weighted by molar-refractivity contribution is 0.0383. The number of nitrogens with zero attached hydrogens (tertiary/aromatic N) is 2. The molecule has 1 saturated heterocycles. The van der Waals surface area contributed by atoms with E-state index < -0.39 is 0 Å². The van der Waals surface area contributed by atoms with Crippen molar-refractivity contribution in [3.05, 3.63) is 29.6 Å². The molecule has 0 radical (unpaired) electrons. The zero-order valence-electron chi connectivity index (χ0n) is 15.1. The van der Waals surface area contributed by atoms with Gasteiger partial charge in [0.2, 0.25) is 0 Å². The van der Waals surface area contributed by atoms with Crippen molar-refractivity contribution in [2.45, 2.75) is 20.3 Å². The third kappa shape index (κ3) is 6.80. The third-order valence-corrected chi connectivity index (χ3v) is 4.08. The van der Waals surface area contributed by atoms with Gasteiger partial charge in [0.05, 0.1) is 13.2 Å². The molecule has 0 bridgehead atoms. The van der Waals surface area contributed by atoms with Gasteiger partial charge in [0.15, 0.2) is 0 Å². The van der Waals surface area contributed by atoms with Crippen LogP contribution >= 0.6 is 0 Å². The standard InChI is InChI=1S/C18H28N4O3/c1-14(2)3-5-20-17(23)15-4-6-19-16(13-15)18(24)21-7-8-22-9-11-25-12-10-22/h4,6,13-14H,3,5,7-12H2,1-2H3,(H,20,23)(H,21,24). The van der Waals surface area contributed by atoms with Crippen molar-refractivity contribution >= 4 is 11.8 Å². The number of hydrogen-bond acceptors (Lipinski definition) is 5. The number of carbonyl (C=O) groups excluding carboxylic acids is 2. The molecular formula is C18H28N4O3. The monoisotopic (exact) mass is 348 g/mol. The van der Waals surface area contributed by atoms with Crippen LogP contribution in [-0.4, -0.2) is 67.6 Å². The van der Waals surface area contributed by atoms with Gasteiger partial charge in [-0.1, -0.05) is 13.8 Å². The highest BCUT2D eigenvalue weighted by Gasteiger charge is 2.13. The van der Waals surface area contributed by atoms with Gasteiger partial charge in [0, 0.05) is 44.5 Å². The number of amides is 2. The molecule has 0 atom stereocenters. The molecule has 7 heteroatoms. The van der Waals surface area contributed by atoms with Crippen LogP contribution < -0.4 is 10.6 Å². The maximum absolute atomic E-state index is 12.2. The van der Waals surface area contributed by atoms with Gasteiger partial charge >= 0.3 is 0 Å². The van der Waals surface area contributed by atoms with Crippen molar-refractivity contribution in [3.63, 3.8) is 0 Å². The van der Waals surface area contributed by atoms with Crippen LogP contribution in [0.4, 0.5) is 0 Å². The molecule has 1 aromatic rings. The molecule has 7 nitrogen and oxygen atoms in total. The van der Waals surface area contributed by atoms with Crippen LogP contribution in [0.5, 0.6) is 0 Å². The van der Waals surface area contributed by atoms with E-state index in [-0.39, 0.29) is 17.5 Å². The van der Waals surface area contributed by atoms with Gasteiger partial charge in [0.1, 0.15) is 5.69 Å². The summed E-state index contributed by atoms with van der Waals surface area (Å²) >= 11 is 0. The number of pyridine rings is 1. The summed E-state index contributed by atoms with van der Waals surface area (Å²) in [6.07, 6.45) is 2.42.